The zero-order valence-corrected chi connectivity index (χ0v) is 10.3. The molecule has 0 aliphatic carbocycles. The Morgan fingerprint density at radius 2 is 2.11 bits per heavy atom. The highest BCUT2D eigenvalue weighted by Crippen LogP contribution is 2.25. The normalized spacial score (nSPS) is 13.2. The monoisotopic (exact) mass is 262 g/mol. The molecule has 1 rings (SSSR count). The van der Waals surface area contributed by atoms with E-state index in [1.165, 1.54) is 30.6 Å². The highest BCUT2D eigenvalue weighted by molar-refractivity contribution is 5.96. The van der Waals surface area contributed by atoms with Crippen molar-refractivity contribution < 1.29 is 19.9 Å². The number of benzene rings is 1. The SMILES string of the molecule is C#Cc1c(C(N)=O)cccc1C(C(=O)NO)C(C)O. The number of hydrogen-bond donors (Lipinski definition) is 4. The molecular weight excluding hydrogens is 248 g/mol. The van der Waals surface area contributed by atoms with Crippen LogP contribution in [0.2, 0.25) is 0 Å². The molecule has 6 heteroatoms. The zero-order chi connectivity index (χ0) is 14.6. The molecule has 19 heavy (non-hydrogen) atoms. The third kappa shape index (κ3) is 2.91. The van der Waals surface area contributed by atoms with Crippen molar-refractivity contribution in [2.24, 2.45) is 5.73 Å². The van der Waals surface area contributed by atoms with Crippen LogP contribution < -0.4 is 11.2 Å². The molecule has 100 valence electrons. The quantitative estimate of drug-likeness (QED) is 0.340. The largest absolute Gasteiger partial charge is 0.392 e. The van der Waals surface area contributed by atoms with E-state index in [0.717, 1.165) is 0 Å². The lowest BCUT2D eigenvalue weighted by Gasteiger charge is -2.20. The Morgan fingerprint density at radius 3 is 2.53 bits per heavy atom. The zero-order valence-electron chi connectivity index (χ0n) is 10.3. The van der Waals surface area contributed by atoms with Crippen LogP contribution >= 0.6 is 0 Å². The molecule has 0 aliphatic rings. The van der Waals surface area contributed by atoms with Crippen molar-refractivity contribution in [2.45, 2.75) is 18.9 Å². The van der Waals surface area contributed by atoms with Gasteiger partial charge in [-0.25, -0.2) is 5.48 Å². The number of terminal acetylenes is 1. The van der Waals surface area contributed by atoms with E-state index in [4.69, 9.17) is 17.4 Å². The molecule has 2 atom stereocenters. The molecule has 0 saturated carbocycles. The summed E-state index contributed by atoms with van der Waals surface area (Å²) in [5.74, 6) is -0.374. The van der Waals surface area contributed by atoms with Gasteiger partial charge in [0.25, 0.3) is 5.91 Å². The maximum Gasteiger partial charge on any atom is 0.253 e. The Balaban J connectivity index is 3.48. The molecule has 2 amide bonds. The maximum absolute atomic E-state index is 11.6. The van der Waals surface area contributed by atoms with Crippen LogP contribution in [0.5, 0.6) is 0 Å². The standard InChI is InChI=1S/C13H14N2O4/c1-3-8-9(5-4-6-10(8)12(14)17)11(7(2)16)13(18)15-19/h1,4-7,11,16,19H,2H3,(H2,14,17)(H,15,18). The number of amides is 2. The fourth-order valence-corrected chi connectivity index (χ4v) is 1.89. The van der Waals surface area contributed by atoms with Gasteiger partial charge in [-0.3, -0.25) is 14.8 Å². The highest BCUT2D eigenvalue weighted by Gasteiger charge is 2.28. The number of rotatable bonds is 4. The minimum absolute atomic E-state index is 0.0800. The van der Waals surface area contributed by atoms with Gasteiger partial charge in [0.1, 0.15) is 0 Å². The lowest BCUT2D eigenvalue weighted by Crippen LogP contribution is -2.33. The Morgan fingerprint density at radius 1 is 1.47 bits per heavy atom. The molecule has 0 aliphatic heterocycles. The summed E-state index contributed by atoms with van der Waals surface area (Å²) in [4.78, 5) is 22.9. The highest BCUT2D eigenvalue weighted by atomic mass is 16.5. The number of carbonyl (C=O) groups is 2. The van der Waals surface area contributed by atoms with Crippen LogP contribution in [0, 0.1) is 12.3 Å². The van der Waals surface area contributed by atoms with Gasteiger partial charge in [0.2, 0.25) is 5.91 Å². The maximum atomic E-state index is 11.6. The summed E-state index contributed by atoms with van der Waals surface area (Å²) >= 11 is 0. The molecule has 0 aromatic heterocycles. The predicted octanol–water partition coefficient (Wildman–Crippen LogP) is -0.263. The number of primary amides is 1. The third-order valence-electron chi connectivity index (χ3n) is 2.72. The number of hydroxylamine groups is 1. The first-order valence-electron chi connectivity index (χ1n) is 5.45. The van der Waals surface area contributed by atoms with Crippen molar-refractivity contribution in [3.63, 3.8) is 0 Å². The van der Waals surface area contributed by atoms with E-state index >= 15 is 0 Å². The molecule has 0 saturated heterocycles. The summed E-state index contributed by atoms with van der Waals surface area (Å²) in [7, 11) is 0. The van der Waals surface area contributed by atoms with E-state index in [2.05, 4.69) is 5.92 Å². The van der Waals surface area contributed by atoms with E-state index < -0.39 is 23.8 Å². The number of nitrogens with two attached hydrogens (primary N) is 1. The average Bonchev–Trinajstić information content (AvgIpc) is 2.37. The number of aliphatic hydroxyl groups is 1. The molecule has 1 aromatic carbocycles. The first-order valence-corrected chi connectivity index (χ1v) is 5.45. The number of carbonyl (C=O) groups excluding carboxylic acids is 2. The molecular formula is C13H14N2O4. The van der Waals surface area contributed by atoms with Crippen molar-refractivity contribution in [3.05, 3.63) is 34.9 Å². The van der Waals surface area contributed by atoms with Crippen LogP contribution in [0.4, 0.5) is 0 Å². The smallest absolute Gasteiger partial charge is 0.253 e. The second-order valence-corrected chi connectivity index (χ2v) is 3.97. The van der Waals surface area contributed by atoms with Gasteiger partial charge in [-0.2, -0.15) is 0 Å². The lowest BCUT2D eigenvalue weighted by molar-refractivity contribution is -0.133. The number of hydrogen-bond acceptors (Lipinski definition) is 4. The minimum Gasteiger partial charge on any atom is -0.392 e. The minimum atomic E-state index is -1.11. The third-order valence-corrected chi connectivity index (χ3v) is 2.72. The van der Waals surface area contributed by atoms with Gasteiger partial charge < -0.3 is 10.8 Å². The summed E-state index contributed by atoms with van der Waals surface area (Å²) in [5.41, 5.74) is 7.12. The lowest BCUT2D eigenvalue weighted by atomic mass is 9.87. The van der Waals surface area contributed by atoms with Crippen molar-refractivity contribution in [2.75, 3.05) is 0 Å². The van der Waals surface area contributed by atoms with Crippen LogP contribution in [0.15, 0.2) is 18.2 Å². The fraction of sp³-hybridized carbons (Fsp3) is 0.231. The summed E-state index contributed by atoms with van der Waals surface area (Å²) in [6.07, 6.45) is 4.23. The van der Waals surface area contributed by atoms with Crippen LogP contribution in [0.25, 0.3) is 0 Å². The van der Waals surface area contributed by atoms with E-state index in [9.17, 15) is 14.7 Å². The first-order chi connectivity index (χ1) is 8.93. The predicted molar refractivity (Wildman–Crippen MR) is 67.2 cm³/mol. The van der Waals surface area contributed by atoms with Crippen molar-refractivity contribution in [1.29, 1.82) is 0 Å². The molecule has 0 radical (unpaired) electrons. The second-order valence-electron chi connectivity index (χ2n) is 3.97. The van der Waals surface area contributed by atoms with Gasteiger partial charge in [-0.1, -0.05) is 18.1 Å². The van der Waals surface area contributed by atoms with Gasteiger partial charge in [0.05, 0.1) is 17.6 Å². The van der Waals surface area contributed by atoms with Crippen LogP contribution in [0.1, 0.15) is 34.3 Å². The number of aliphatic hydroxyl groups excluding tert-OH is 1. The molecule has 6 nitrogen and oxygen atoms in total. The summed E-state index contributed by atoms with van der Waals surface area (Å²) in [6, 6.07) is 4.42. The number of nitrogens with one attached hydrogen (secondary N) is 1. The topological polar surface area (TPSA) is 113 Å². The van der Waals surface area contributed by atoms with Gasteiger partial charge in [0.15, 0.2) is 0 Å². The van der Waals surface area contributed by atoms with Crippen molar-refractivity contribution >= 4 is 11.8 Å². The van der Waals surface area contributed by atoms with Gasteiger partial charge in [0, 0.05) is 5.56 Å². The van der Waals surface area contributed by atoms with E-state index in [-0.39, 0.29) is 16.7 Å². The van der Waals surface area contributed by atoms with E-state index in [1.54, 1.807) is 0 Å². The molecule has 0 bridgehead atoms. The van der Waals surface area contributed by atoms with Crippen LogP contribution in [-0.4, -0.2) is 28.2 Å². The summed E-state index contributed by atoms with van der Waals surface area (Å²) in [6.45, 7) is 1.37. The summed E-state index contributed by atoms with van der Waals surface area (Å²) in [5, 5.41) is 18.4. The van der Waals surface area contributed by atoms with Crippen LogP contribution in [-0.2, 0) is 4.79 Å². The first kappa shape index (κ1) is 14.7. The average molecular weight is 262 g/mol. The molecule has 2 unspecified atom stereocenters. The molecule has 5 N–H and O–H groups in total. The summed E-state index contributed by atoms with van der Waals surface area (Å²) < 4.78 is 0. The van der Waals surface area contributed by atoms with Gasteiger partial charge in [-0.15, -0.1) is 6.42 Å². The van der Waals surface area contributed by atoms with E-state index in [0.29, 0.717) is 0 Å². The Hall–Kier alpha value is -2.36. The Labute approximate surface area is 110 Å². The molecule has 0 fully saturated rings. The van der Waals surface area contributed by atoms with Crippen LogP contribution in [0.3, 0.4) is 0 Å². The fourth-order valence-electron chi connectivity index (χ4n) is 1.89. The molecule has 0 spiro atoms. The van der Waals surface area contributed by atoms with Gasteiger partial charge in [-0.05, 0) is 18.6 Å². The molecule has 0 heterocycles. The molecule has 1 aromatic rings. The Kier molecular flexibility index (Phi) is 4.64. The van der Waals surface area contributed by atoms with Gasteiger partial charge >= 0.3 is 0 Å². The second kappa shape index (κ2) is 6.00. The van der Waals surface area contributed by atoms with E-state index in [1.807, 2.05) is 0 Å². The van der Waals surface area contributed by atoms with Crippen molar-refractivity contribution in [3.8, 4) is 12.3 Å². The Bertz CT molecular complexity index is 546. The van der Waals surface area contributed by atoms with Crippen molar-refractivity contribution in [1.82, 2.24) is 5.48 Å².